The monoisotopic (exact) mass is 432 g/mol. The maximum absolute atomic E-state index is 13.3. The van der Waals surface area contributed by atoms with E-state index in [0.717, 1.165) is 11.1 Å². The smallest absolute Gasteiger partial charge is 0.277 e. The fourth-order valence-corrected chi connectivity index (χ4v) is 3.80. The Hall–Kier alpha value is -3.65. The third-order valence-electron chi connectivity index (χ3n) is 4.34. The molecule has 31 heavy (non-hydrogen) atoms. The van der Waals surface area contributed by atoms with Crippen LogP contribution in [0.15, 0.2) is 88.8 Å². The summed E-state index contributed by atoms with van der Waals surface area (Å²) in [4.78, 5) is 17.3. The topological polar surface area (TPSA) is 90.1 Å². The van der Waals surface area contributed by atoms with Crippen molar-refractivity contribution in [3.63, 3.8) is 0 Å². The molecule has 4 aromatic rings. The zero-order valence-corrected chi connectivity index (χ0v) is 17.6. The van der Waals surface area contributed by atoms with Crippen LogP contribution in [0, 0.1) is 0 Å². The van der Waals surface area contributed by atoms with Crippen molar-refractivity contribution >= 4 is 23.4 Å². The summed E-state index contributed by atoms with van der Waals surface area (Å²) < 4.78 is 11.4. The number of para-hydroxylation sites is 2. The molecule has 1 N–H and O–H groups in total. The Bertz CT molecular complexity index is 1140. The Morgan fingerprint density at radius 1 is 1.03 bits per heavy atom. The molecule has 1 unspecified atom stereocenters. The predicted octanol–water partition coefficient (Wildman–Crippen LogP) is 5.00. The molecule has 4 rings (SSSR count). The lowest BCUT2D eigenvalue weighted by Gasteiger charge is -2.17. The molecular formula is C23H20N4O3S. The number of carbonyl (C=O) groups excluding carboxylic acids is 1. The minimum absolute atomic E-state index is 0.216. The molecule has 0 aliphatic rings. The van der Waals surface area contributed by atoms with Crippen molar-refractivity contribution in [1.82, 2.24) is 15.2 Å². The summed E-state index contributed by atoms with van der Waals surface area (Å²) in [5.74, 6) is 0.777. The zero-order valence-electron chi connectivity index (χ0n) is 16.8. The van der Waals surface area contributed by atoms with Crippen LogP contribution in [0.5, 0.6) is 5.75 Å². The fraction of sp³-hybridized carbons (Fsp3) is 0.130. The maximum atomic E-state index is 13.3. The lowest BCUT2D eigenvalue weighted by molar-refractivity contribution is -0.115. The number of nitrogens with zero attached hydrogens (tertiary/aromatic N) is 3. The van der Waals surface area contributed by atoms with Crippen LogP contribution < -0.4 is 10.1 Å². The molecule has 0 bridgehead atoms. The average molecular weight is 433 g/mol. The number of nitrogens with one attached hydrogen (secondary N) is 1. The van der Waals surface area contributed by atoms with Gasteiger partial charge in [0.25, 0.3) is 5.22 Å². The van der Waals surface area contributed by atoms with E-state index < -0.39 is 5.25 Å². The maximum Gasteiger partial charge on any atom is 0.277 e. The van der Waals surface area contributed by atoms with Gasteiger partial charge >= 0.3 is 0 Å². The first kappa shape index (κ1) is 20.6. The van der Waals surface area contributed by atoms with Crippen LogP contribution in [0.2, 0.25) is 0 Å². The van der Waals surface area contributed by atoms with E-state index in [0.29, 0.717) is 29.2 Å². The third-order valence-corrected chi connectivity index (χ3v) is 5.43. The van der Waals surface area contributed by atoms with Gasteiger partial charge in [-0.1, -0.05) is 42.5 Å². The van der Waals surface area contributed by atoms with Gasteiger partial charge in [0.05, 0.1) is 12.3 Å². The van der Waals surface area contributed by atoms with Gasteiger partial charge in [-0.2, -0.15) is 0 Å². The van der Waals surface area contributed by atoms with Crippen LogP contribution in [-0.4, -0.2) is 27.7 Å². The standard InChI is InChI=1S/C23H20N4O3S/c1-2-29-19-11-7-6-10-18(19)25-21(28)20(16-8-4-3-5-9-16)31-23-27-26-22(30-23)17-12-14-24-15-13-17/h3-15,20H,2H2,1H3,(H,25,28). The summed E-state index contributed by atoms with van der Waals surface area (Å²) in [6.07, 6.45) is 3.31. The molecule has 2 aromatic heterocycles. The first-order valence-electron chi connectivity index (χ1n) is 9.73. The van der Waals surface area contributed by atoms with Gasteiger partial charge in [-0.3, -0.25) is 9.78 Å². The van der Waals surface area contributed by atoms with E-state index in [1.807, 2.05) is 61.5 Å². The quantitative estimate of drug-likeness (QED) is 0.392. The highest BCUT2D eigenvalue weighted by Crippen LogP contribution is 2.37. The summed E-state index contributed by atoms with van der Waals surface area (Å²) in [6, 6.07) is 20.4. The van der Waals surface area contributed by atoms with Gasteiger partial charge in [-0.15, -0.1) is 10.2 Å². The van der Waals surface area contributed by atoms with Gasteiger partial charge in [0.15, 0.2) is 0 Å². The lowest BCUT2D eigenvalue weighted by atomic mass is 10.1. The van der Waals surface area contributed by atoms with Crippen LogP contribution in [0.25, 0.3) is 11.5 Å². The second-order valence-electron chi connectivity index (χ2n) is 6.44. The fourth-order valence-electron chi connectivity index (χ4n) is 2.92. The highest BCUT2D eigenvalue weighted by molar-refractivity contribution is 8.00. The van der Waals surface area contributed by atoms with Crippen LogP contribution >= 0.6 is 11.8 Å². The van der Waals surface area contributed by atoms with Crippen LogP contribution in [0.1, 0.15) is 17.7 Å². The Morgan fingerprint density at radius 3 is 2.55 bits per heavy atom. The number of thioether (sulfide) groups is 1. The highest BCUT2D eigenvalue weighted by atomic mass is 32.2. The van der Waals surface area contributed by atoms with Gasteiger partial charge in [0.1, 0.15) is 11.0 Å². The van der Waals surface area contributed by atoms with Crippen molar-refractivity contribution in [2.45, 2.75) is 17.4 Å². The number of pyridine rings is 1. The van der Waals surface area contributed by atoms with Crippen LogP contribution in [0.4, 0.5) is 5.69 Å². The van der Waals surface area contributed by atoms with E-state index in [9.17, 15) is 4.79 Å². The Balaban J connectivity index is 1.59. The number of hydrogen-bond donors (Lipinski definition) is 1. The van der Waals surface area contributed by atoms with Crippen molar-refractivity contribution in [2.75, 3.05) is 11.9 Å². The summed E-state index contributed by atoms with van der Waals surface area (Å²) >= 11 is 1.20. The SMILES string of the molecule is CCOc1ccccc1NC(=O)C(Sc1nnc(-c2ccncc2)o1)c1ccccc1. The molecule has 0 saturated heterocycles. The van der Waals surface area contributed by atoms with Gasteiger partial charge in [0.2, 0.25) is 11.8 Å². The molecule has 0 spiro atoms. The van der Waals surface area contributed by atoms with Gasteiger partial charge in [0, 0.05) is 18.0 Å². The number of rotatable bonds is 8. The molecule has 2 aromatic carbocycles. The molecule has 0 aliphatic carbocycles. The molecule has 0 fully saturated rings. The predicted molar refractivity (Wildman–Crippen MR) is 119 cm³/mol. The normalized spacial score (nSPS) is 11.6. The second-order valence-corrected chi connectivity index (χ2v) is 7.49. The molecule has 0 aliphatic heterocycles. The van der Waals surface area contributed by atoms with Crippen molar-refractivity contribution < 1.29 is 13.9 Å². The zero-order chi connectivity index (χ0) is 21.5. The van der Waals surface area contributed by atoms with E-state index in [2.05, 4.69) is 20.5 Å². The molecule has 156 valence electrons. The van der Waals surface area contributed by atoms with E-state index in [4.69, 9.17) is 9.15 Å². The molecule has 0 radical (unpaired) electrons. The Labute approximate surface area is 183 Å². The van der Waals surface area contributed by atoms with Crippen LogP contribution in [0.3, 0.4) is 0 Å². The average Bonchev–Trinajstić information content (AvgIpc) is 3.29. The number of ether oxygens (including phenoxy) is 1. The molecule has 0 saturated carbocycles. The molecule has 2 heterocycles. The molecule has 1 amide bonds. The number of amides is 1. The first-order chi connectivity index (χ1) is 15.2. The van der Waals surface area contributed by atoms with E-state index in [1.54, 1.807) is 24.5 Å². The van der Waals surface area contributed by atoms with Crippen molar-refractivity contribution in [3.05, 3.63) is 84.7 Å². The van der Waals surface area contributed by atoms with Crippen molar-refractivity contribution in [2.24, 2.45) is 0 Å². The molecule has 1 atom stereocenters. The number of carbonyl (C=O) groups is 1. The second kappa shape index (κ2) is 9.90. The number of benzene rings is 2. The van der Waals surface area contributed by atoms with E-state index in [-0.39, 0.29) is 5.91 Å². The number of anilines is 1. The highest BCUT2D eigenvalue weighted by Gasteiger charge is 2.26. The minimum atomic E-state index is -0.596. The van der Waals surface area contributed by atoms with Crippen LogP contribution in [-0.2, 0) is 4.79 Å². The van der Waals surface area contributed by atoms with Gasteiger partial charge < -0.3 is 14.5 Å². The molecule has 8 heteroatoms. The third kappa shape index (κ3) is 5.10. The Kier molecular flexibility index (Phi) is 6.59. The summed E-state index contributed by atoms with van der Waals surface area (Å²) in [7, 11) is 0. The molecular weight excluding hydrogens is 412 g/mol. The molecule has 7 nitrogen and oxygen atoms in total. The number of hydrogen-bond acceptors (Lipinski definition) is 7. The Morgan fingerprint density at radius 2 is 1.77 bits per heavy atom. The summed E-state index contributed by atoms with van der Waals surface area (Å²) in [6.45, 7) is 2.40. The van der Waals surface area contributed by atoms with Gasteiger partial charge in [-0.05, 0) is 48.5 Å². The number of aromatic nitrogens is 3. The van der Waals surface area contributed by atoms with E-state index >= 15 is 0 Å². The minimum Gasteiger partial charge on any atom is -0.492 e. The summed E-state index contributed by atoms with van der Waals surface area (Å²) in [5, 5.41) is 10.9. The van der Waals surface area contributed by atoms with Crippen molar-refractivity contribution in [1.29, 1.82) is 0 Å². The largest absolute Gasteiger partial charge is 0.492 e. The lowest BCUT2D eigenvalue weighted by Crippen LogP contribution is -2.19. The van der Waals surface area contributed by atoms with Crippen molar-refractivity contribution in [3.8, 4) is 17.2 Å². The van der Waals surface area contributed by atoms with E-state index in [1.165, 1.54) is 11.8 Å². The van der Waals surface area contributed by atoms with Gasteiger partial charge in [-0.25, -0.2) is 0 Å². The summed E-state index contributed by atoms with van der Waals surface area (Å²) in [5.41, 5.74) is 2.20. The first-order valence-corrected chi connectivity index (χ1v) is 10.6.